The molecule has 18 heteroatoms. The number of carbonyl (C=O) groups excluding carboxylic acids is 7. The largest absolute Gasteiger partial charge is 0.508 e. The minimum Gasteiger partial charge on any atom is -0.508 e. The average molecular weight is 752 g/mol. The summed E-state index contributed by atoms with van der Waals surface area (Å²) >= 11 is 0. The maximum absolute atomic E-state index is 14.3. The van der Waals surface area contributed by atoms with Gasteiger partial charge in [-0.25, -0.2) is 0 Å². The molecule has 6 amide bonds. The van der Waals surface area contributed by atoms with Crippen molar-refractivity contribution in [2.45, 2.75) is 62.9 Å². The van der Waals surface area contributed by atoms with Crippen molar-refractivity contribution in [2.24, 2.45) is 5.73 Å². The molecule has 0 spiro atoms. The summed E-state index contributed by atoms with van der Waals surface area (Å²) in [5.41, 5.74) is 7.21. The second-order valence-corrected chi connectivity index (χ2v) is 12.5. The molecule has 5 unspecified atom stereocenters. The molecule has 0 aliphatic rings. The van der Waals surface area contributed by atoms with Crippen molar-refractivity contribution in [3.8, 4) is 5.75 Å². The van der Waals surface area contributed by atoms with Gasteiger partial charge in [0.15, 0.2) is 0 Å². The molecule has 0 saturated heterocycles. The fourth-order valence-corrected chi connectivity index (χ4v) is 5.51. The summed E-state index contributed by atoms with van der Waals surface area (Å²) in [6.45, 7) is 0.754. The Morgan fingerprint density at radius 2 is 1.52 bits per heavy atom. The van der Waals surface area contributed by atoms with Crippen LogP contribution in [0.25, 0.3) is 10.9 Å². The lowest BCUT2D eigenvalue weighted by atomic mass is 10.0. The topological polar surface area (TPSA) is 286 Å². The number of phenolic OH excluding ortho intramolecular Hbond substituents is 1. The van der Waals surface area contributed by atoms with E-state index in [0.29, 0.717) is 47.7 Å². The maximum atomic E-state index is 14.3. The summed E-state index contributed by atoms with van der Waals surface area (Å²) < 4.78 is 0. The van der Waals surface area contributed by atoms with E-state index < -0.39 is 72.3 Å². The van der Waals surface area contributed by atoms with E-state index in [1.165, 1.54) is 25.3 Å². The van der Waals surface area contributed by atoms with Gasteiger partial charge in [0.2, 0.25) is 35.4 Å². The number of nitrogens with two attached hydrogens (primary N) is 1. The Kier molecular flexibility index (Phi) is 17.0. The molecule has 0 bridgehead atoms. The number of phenols is 1. The van der Waals surface area contributed by atoms with Crippen LogP contribution in [0.2, 0.25) is 0 Å². The number of hydrogen-bond acceptors (Lipinski definition) is 11. The van der Waals surface area contributed by atoms with Gasteiger partial charge >= 0.3 is 0 Å². The van der Waals surface area contributed by atoms with Gasteiger partial charge in [-0.3, -0.25) is 28.8 Å². The molecule has 0 aliphatic heterocycles. The molecule has 292 valence electrons. The van der Waals surface area contributed by atoms with E-state index in [0.717, 1.165) is 0 Å². The number of likely N-dealkylation sites (N-methyl/N-ethyl adjacent to an activating group) is 1. The average Bonchev–Trinajstić information content (AvgIpc) is 3.58. The third kappa shape index (κ3) is 13.0. The van der Waals surface area contributed by atoms with Crippen LogP contribution in [-0.2, 0) is 40.0 Å². The van der Waals surface area contributed by atoms with E-state index in [9.17, 15) is 43.8 Å². The molecule has 0 radical (unpaired) electrons. The predicted molar refractivity (Wildman–Crippen MR) is 197 cm³/mol. The van der Waals surface area contributed by atoms with Gasteiger partial charge in [0.05, 0.1) is 25.7 Å². The molecule has 1 aromatic heterocycles. The van der Waals surface area contributed by atoms with Crippen LogP contribution in [0.3, 0.4) is 0 Å². The van der Waals surface area contributed by atoms with Crippen LogP contribution in [0.1, 0.15) is 43.4 Å². The van der Waals surface area contributed by atoms with Gasteiger partial charge in [-0.15, -0.1) is 0 Å². The Balaban J connectivity index is 1.96. The molecule has 12 N–H and O–H groups in total. The third-order valence-corrected chi connectivity index (χ3v) is 8.29. The summed E-state index contributed by atoms with van der Waals surface area (Å²) in [4.78, 5) is 93.3. The highest BCUT2D eigenvalue weighted by atomic mass is 16.3. The quantitative estimate of drug-likeness (QED) is 0.0390. The number of aromatic hydroxyl groups is 1. The molecule has 0 saturated carbocycles. The first-order valence-corrected chi connectivity index (χ1v) is 17.4. The zero-order valence-corrected chi connectivity index (χ0v) is 30.1. The van der Waals surface area contributed by atoms with E-state index in [4.69, 9.17) is 5.73 Å². The molecule has 0 fully saturated rings. The Hall–Kier alpha value is -5.85. The van der Waals surface area contributed by atoms with Crippen LogP contribution in [0.5, 0.6) is 5.75 Å². The standard InChI is InChI=1S/C36H49N9O9/c1-21(47)31(35(53)39-15-16-46)44-33(51)27(9-5-6-14-37)43-36(54)32(25-18-40-26-8-4-3-7-24(25)26)45-34(52)28(17-22-10-12-23(48)13-11-22)42-30(50)20-41-29(49)19-38-2/h3-4,7-8,10-13,16,18,21,27-28,31-32,38,40,47-48H,5-6,9,14-15,17,19-20,37H2,1-2H3,(H,39,53)(H,41,49)(H,42,50)(H,43,54)(H,44,51)(H,45,52). The molecule has 54 heavy (non-hydrogen) atoms. The van der Waals surface area contributed by atoms with Gasteiger partial charge in [-0.2, -0.15) is 0 Å². The van der Waals surface area contributed by atoms with E-state index in [1.807, 2.05) is 0 Å². The minimum absolute atomic E-state index is 0.0153. The Bertz CT molecular complexity index is 1750. The third-order valence-electron chi connectivity index (χ3n) is 8.29. The van der Waals surface area contributed by atoms with E-state index >= 15 is 0 Å². The predicted octanol–water partition coefficient (Wildman–Crippen LogP) is -2.11. The van der Waals surface area contributed by atoms with Gasteiger partial charge in [0.25, 0.3) is 0 Å². The van der Waals surface area contributed by atoms with Crippen LogP contribution < -0.4 is 43.0 Å². The lowest BCUT2D eigenvalue weighted by Crippen LogP contribution is -2.58. The molecule has 5 atom stereocenters. The summed E-state index contributed by atoms with van der Waals surface area (Å²) in [5, 5.41) is 38.5. The maximum Gasteiger partial charge on any atom is 0.247 e. The Morgan fingerprint density at radius 1 is 0.815 bits per heavy atom. The van der Waals surface area contributed by atoms with Gasteiger partial charge in [0.1, 0.15) is 36.2 Å². The zero-order valence-electron chi connectivity index (χ0n) is 30.1. The number of aromatic nitrogens is 1. The van der Waals surface area contributed by atoms with Crippen LogP contribution in [-0.4, -0.2) is 114 Å². The van der Waals surface area contributed by atoms with Gasteiger partial charge < -0.3 is 62.9 Å². The lowest BCUT2D eigenvalue weighted by Gasteiger charge is -2.27. The molecule has 2 aromatic carbocycles. The number of aliphatic hydroxyl groups excluding tert-OH is 1. The number of aldehydes is 1. The fourth-order valence-electron chi connectivity index (χ4n) is 5.51. The van der Waals surface area contributed by atoms with Gasteiger partial charge in [-0.05, 0) is 63.5 Å². The lowest BCUT2D eigenvalue weighted by molar-refractivity contribution is -0.135. The number of carbonyl (C=O) groups is 7. The fraction of sp³-hybridized carbons (Fsp3) is 0.417. The highest BCUT2D eigenvalue weighted by Gasteiger charge is 2.34. The number of H-pyrrole nitrogens is 1. The summed E-state index contributed by atoms with van der Waals surface area (Å²) in [6.07, 6.45) is 1.50. The first-order valence-electron chi connectivity index (χ1n) is 17.4. The number of amides is 6. The Morgan fingerprint density at radius 3 is 2.19 bits per heavy atom. The van der Waals surface area contributed by atoms with Gasteiger partial charge in [-0.1, -0.05) is 30.3 Å². The summed E-state index contributed by atoms with van der Waals surface area (Å²) in [5.74, 6) is -4.37. The monoisotopic (exact) mass is 751 g/mol. The van der Waals surface area contributed by atoms with Crippen molar-refractivity contribution < 1.29 is 43.8 Å². The van der Waals surface area contributed by atoms with Crippen molar-refractivity contribution in [2.75, 3.05) is 33.2 Å². The zero-order chi connectivity index (χ0) is 39.6. The van der Waals surface area contributed by atoms with Crippen molar-refractivity contribution in [1.29, 1.82) is 0 Å². The van der Waals surface area contributed by atoms with Crippen molar-refractivity contribution >= 4 is 52.6 Å². The Labute approximate surface area is 311 Å². The van der Waals surface area contributed by atoms with E-state index in [2.05, 4.69) is 42.2 Å². The number of benzene rings is 2. The number of hydrogen-bond donors (Lipinski definition) is 11. The van der Waals surface area contributed by atoms with Crippen LogP contribution in [0.4, 0.5) is 0 Å². The highest BCUT2D eigenvalue weighted by Crippen LogP contribution is 2.25. The molecular formula is C36H49N9O9. The van der Waals surface area contributed by atoms with Crippen molar-refractivity contribution in [3.63, 3.8) is 0 Å². The minimum atomic E-state index is -1.46. The number of unbranched alkanes of at least 4 members (excludes halogenated alkanes) is 1. The molecular weight excluding hydrogens is 702 g/mol. The molecule has 1 heterocycles. The molecule has 3 aromatic rings. The summed E-state index contributed by atoms with van der Waals surface area (Å²) in [6, 6.07) is 7.53. The number of nitrogens with one attached hydrogen (secondary N) is 8. The number of para-hydroxylation sites is 1. The van der Waals surface area contributed by atoms with Crippen molar-refractivity contribution in [1.82, 2.24) is 42.2 Å². The number of rotatable bonds is 22. The second-order valence-electron chi connectivity index (χ2n) is 12.5. The van der Waals surface area contributed by atoms with Gasteiger partial charge in [0, 0.05) is 29.1 Å². The molecule has 3 rings (SSSR count). The SMILES string of the molecule is CNCC(=O)NCC(=O)NC(Cc1ccc(O)cc1)C(=O)NC(C(=O)NC(CCCCN)C(=O)NC(C(=O)NCC=O)C(C)O)c1c[nH]c2ccccc12. The smallest absolute Gasteiger partial charge is 0.247 e. The van der Waals surface area contributed by atoms with E-state index in [-0.39, 0.29) is 31.7 Å². The number of fused-ring (bicyclic) bond motifs is 1. The van der Waals surface area contributed by atoms with E-state index in [1.54, 1.807) is 43.4 Å². The van der Waals surface area contributed by atoms with Crippen LogP contribution in [0.15, 0.2) is 54.7 Å². The first kappa shape index (κ1) is 42.6. The molecule has 18 nitrogen and oxygen atoms in total. The van der Waals surface area contributed by atoms with Crippen LogP contribution >= 0.6 is 0 Å². The highest BCUT2D eigenvalue weighted by molar-refractivity contribution is 5.99. The summed E-state index contributed by atoms with van der Waals surface area (Å²) in [7, 11) is 1.57. The number of aliphatic hydroxyl groups is 1. The molecule has 0 aliphatic carbocycles. The van der Waals surface area contributed by atoms with Crippen molar-refractivity contribution in [3.05, 3.63) is 65.9 Å². The van der Waals surface area contributed by atoms with Crippen LogP contribution in [0, 0.1) is 0 Å². The second kappa shape index (κ2) is 21.6. The number of aromatic amines is 1. The normalized spacial score (nSPS) is 13.7. The first-order chi connectivity index (χ1) is 25.9.